The molecule has 186 valence electrons. The fraction of sp³-hybridized carbons (Fsp3) is 0.444. The lowest BCUT2D eigenvalue weighted by molar-refractivity contribution is 0.0780. The van der Waals surface area contributed by atoms with Gasteiger partial charge >= 0.3 is 0 Å². The van der Waals surface area contributed by atoms with Gasteiger partial charge in [-0.3, -0.25) is 4.79 Å². The Hall–Kier alpha value is -2.38. The SMILES string of the molecule is Cc1cc2[nH]c(C)c(C(=O)NC3CCN(CCc4ccccc4)CC3)c2cc1C(C)(C)O.Cl.O. The van der Waals surface area contributed by atoms with Gasteiger partial charge in [0.2, 0.25) is 0 Å². The number of carbonyl (C=O) groups is 1. The van der Waals surface area contributed by atoms with E-state index < -0.39 is 5.60 Å². The number of aromatic nitrogens is 1. The Labute approximate surface area is 208 Å². The molecule has 0 aliphatic carbocycles. The molecule has 1 aliphatic heterocycles. The van der Waals surface area contributed by atoms with Gasteiger partial charge in [0.1, 0.15) is 0 Å². The monoisotopic (exact) mass is 487 g/mol. The molecule has 1 aliphatic rings. The number of aliphatic hydroxyl groups is 1. The highest BCUT2D eigenvalue weighted by Crippen LogP contribution is 2.31. The zero-order valence-corrected chi connectivity index (χ0v) is 21.4. The Bertz CT molecular complexity index is 1100. The molecule has 0 radical (unpaired) electrons. The van der Waals surface area contributed by atoms with E-state index in [1.807, 2.05) is 26.0 Å². The Kier molecular flexibility index (Phi) is 9.31. The first kappa shape index (κ1) is 27.9. The molecule has 1 aromatic heterocycles. The zero-order valence-electron chi connectivity index (χ0n) is 20.6. The third-order valence-corrected chi connectivity index (χ3v) is 6.70. The van der Waals surface area contributed by atoms with Crippen LogP contribution in [0.25, 0.3) is 10.9 Å². The van der Waals surface area contributed by atoms with Crippen LogP contribution in [-0.2, 0) is 12.0 Å². The summed E-state index contributed by atoms with van der Waals surface area (Å²) in [5.41, 5.74) is 4.78. The van der Waals surface area contributed by atoms with Gasteiger partial charge in [-0.25, -0.2) is 0 Å². The minimum absolute atomic E-state index is 0. The fourth-order valence-electron chi connectivity index (χ4n) is 4.93. The maximum atomic E-state index is 13.2. The number of fused-ring (bicyclic) bond motifs is 1. The molecule has 3 aromatic rings. The molecule has 2 heterocycles. The van der Waals surface area contributed by atoms with E-state index in [-0.39, 0.29) is 29.8 Å². The third kappa shape index (κ3) is 6.19. The predicted octanol–water partition coefficient (Wildman–Crippen LogP) is 4.05. The van der Waals surface area contributed by atoms with Crippen LogP contribution in [0.1, 0.15) is 59.4 Å². The Morgan fingerprint density at radius 1 is 1.15 bits per heavy atom. The van der Waals surface area contributed by atoms with Crippen LogP contribution in [0.15, 0.2) is 42.5 Å². The molecule has 0 atom stereocenters. The normalized spacial score (nSPS) is 15.0. The van der Waals surface area contributed by atoms with Crippen molar-refractivity contribution in [1.29, 1.82) is 0 Å². The third-order valence-electron chi connectivity index (χ3n) is 6.70. The van der Waals surface area contributed by atoms with Crippen molar-refractivity contribution in [2.24, 2.45) is 0 Å². The fourth-order valence-corrected chi connectivity index (χ4v) is 4.93. The molecule has 2 aromatic carbocycles. The minimum Gasteiger partial charge on any atom is -0.412 e. The topological polar surface area (TPSA) is 99.9 Å². The molecule has 7 heteroatoms. The van der Waals surface area contributed by atoms with Gasteiger partial charge < -0.3 is 25.8 Å². The number of nitrogens with zero attached hydrogens (tertiary/aromatic N) is 1. The molecule has 0 spiro atoms. The van der Waals surface area contributed by atoms with Gasteiger partial charge in [0.25, 0.3) is 5.91 Å². The highest BCUT2D eigenvalue weighted by atomic mass is 35.5. The summed E-state index contributed by atoms with van der Waals surface area (Å²) >= 11 is 0. The van der Waals surface area contributed by atoms with E-state index in [0.717, 1.165) is 66.6 Å². The maximum absolute atomic E-state index is 13.2. The Morgan fingerprint density at radius 2 is 1.79 bits per heavy atom. The largest absolute Gasteiger partial charge is 0.412 e. The number of aromatic amines is 1. The number of likely N-dealkylation sites (tertiary alicyclic amines) is 1. The summed E-state index contributed by atoms with van der Waals surface area (Å²) in [5.74, 6) is -0.0259. The van der Waals surface area contributed by atoms with E-state index in [4.69, 9.17) is 0 Å². The standard InChI is InChI=1S/C27H35N3O2.ClH.H2O/c1-18-16-24-22(17-23(18)27(3,4)32)25(19(2)28-24)26(31)29-21-11-14-30(15-12-21)13-10-20-8-6-5-7-9-20;;/h5-9,16-17,21,28,32H,10-15H2,1-4H3,(H,29,31);1H;1H2. The van der Waals surface area contributed by atoms with Gasteiger partial charge in [-0.15, -0.1) is 12.4 Å². The van der Waals surface area contributed by atoms with E-state index in [1.54, 1.807) is 13.8 Å². The van der Waals surface area contributed by atoms with Gasteiger partial charge in [-0.1, -0.05) is 30.3 Å². The number of hydrogen-bond acceptors (Lipinski definition) is 3. The van der Waals surface area contributed by atoms with Crippen molar-refractivity contribution < 1.29 is 15.4 Å². The number of rotatable bonds is 6. The first-order valence-electron chi connectivity index (χ1n) is 11.7. The number of hydrogen-bond donors (Lipinski definition) is 3. The lowest BCUT2D eigenvalue weighted by Gasteiger charge is -2.32. The number of piperidine rings is 1. The minimum atomic E-state index is -0.955. The zero-order chi connectivity index (χ0) is 22.9. The molecule has 1 fully saturated rings. The molecular formula is C27H38ClN3O3. The van der Waals surface area contributed by atoms with E-state index in [0.29, 0.717) is 5.56 Å². The van der Waals surface area contributed by atoms with Gasteiger partial charge in [0.15, 0.2) is 0 Å². The van der Waals surface area contributed by atoms with Gasteiger partial charge in [0, 0.05) is 42.3 Å². The molecule has 0 unspecified atom stereocenters. The molecule has 34 heavy (non-hydrogen) atoms. The lowest BCUT2D eigenvalue weighted by Crippen LogP contribution is -2.45. The summed E-state index contributed by atoms with van der Waals surface area (Å²) in [5, 5.41) is 14.7. The molecule has 4 rings (SSSR count). The molecule has 1 saturated heterocycles. The van der Waals surface area contributed by atoms with Crippen molar-refractivity contribution in [2.75, 3.05) is 19.6 Å². The maximum Gasteiger partial charge on any atom is 0.253 e. The van der Waals surface area contributed by atoms with Crippen molar-refractivity contribution in [3.05, 3.63) is 70.4 Å². The number of nitrogens with one attached hydrogen (secondary N) is 2. The highest BCUT2D eigenvalue weighted by molar-refractivity contribution is 6.08. The van der Waals surface area contributed by atoms with Crippen molar-refractivity contribution in [2.45, 2.75) is 58.6 Å². The van der Waals surface area contributed by atoms with Crippen LogP contribution in [0.4, 0.5) is 0 Å². The first-order valence-corrected chi connectivity index (χ1v) is 11.7. The summed E-state index contributed by atoms with van der Waals surface area (Å²) in [6, 6.07) is 14.8. The van der Waals surface area contributed by atoms with Crippen LogP contribution in [-0.4, -0.2) is 52.0 Å². The van der Waals surface area contributed by atoms with Crippen molar-refractivity contribution in [1.82, 2.24) is 15.2 Å². The summed E-state index contributed by atoms with van der Waals surface area (Å²) in [4.78, 5) is 19.1. The van der Waals surface area contributed by atoms with Gasteiger partial charge in [0.05, 0.1) is 11.2 Å². The average molecular weight is 488 g/mol. The number of benzene rings is 2. The molecule has 6 nitrogen and oxygen atoms in total. The van der Waals surface area contributed by atoms with Crippen molar-refractivity contribution >= 4 is 29.2 Å². The number of halogens is 1. The number of carbonyl (C=O) groups excluding carboxylic acids is 1. The van der Waals surface area contributed by atoms with Crippen molar-refractivity contribution in [3.63, 3.8) is 0 Å². The second-order valence-electron chi connectivity index (χ2n) is 9.72. The summed E-state index contributed by atoms with van der Waals surface area (Å²) in [7, 11) is 0. The van der Waals surface area contributed by atoms with Gasteiger partial charge in [-0.05, 0) is 75.8 Å². The highest BCUT2D eigenvalue weighted by Gasteiger charge is 2.25. The van der Waals surface area contributed by atoms with Crippen LogP contribution in [0, 0.1) is 13.8 Å². The van der Waals surface area contributed by atoms with Crippen LogP contribution in [0.2, 0.25) is 0 Å². The lowest BCUT2D eigenvalue weighted by atomic mass is 9.91. The molecular weight excluding hydrogens is 450 g/mol. The van der Waals surface area contributed by atoms with Crippen LogP contribution < -0.4 is 5.32 Å². The van der Waals surface area contributed by atoms with E-state index in [2.05, 4.69) is 45.5 Å². The summed E-state index contributed by atoms with van der Waals surface area (Å²) in [6.45, 7) is 10.6. The average Bonchev–Trinajstić information content (AvgIpc) is 3.07. The smallest absolute Gasteiger partial charge is 0.253 e. The molecule has 1 amide bonds. The second-order valence-corrected chi connectivity index (χ2v) is 9.72. The van der Waals surface area contributed by atoms with Gasteiger partial charge in [-0.2, -0.15) is 0 Å². The number of aryl methyl sites for hydroxylation is 2. The number of amides is 1. The van der Waals surface area contributed by atoms with E-state index in [1.165, 1.54) is 5.56 Å². The predicted molar refractivity (Wildman–Crippen MR) is 141 cm³/mol. The number of H-pyrrole nitrogens is 1. The Balaban J connectivity index is 0.00000204. The summed E-state index contributed by atoms with van der Waals surface area (Å²) < 4.78 is 0. The Morgan fingerprint density at radius 3 is 2.41 bits per heavy atom. The molecule has 0 saturated carbocycles. The first-order chi connectivity index (χ1) is 15.2. The summed E-state index contributed by atoms with van der Waals surface area (Å²) in [6.07, 6.45) is 3.00. The van der Waals surface area contributed by atoms with Crippen LogP contribution in [0.3, 0.4) is 0 Å². The van der Waals surface area contributed by atoms with Crippen LogP contribution >= 0.6 is 12.4 Å². The second kappa shape index (κ2) is 11.4. The molecule has 0 bridgehead atoms. The van der Waals surface area contributed by atoms with Crippen molar-refractivity contribution in [3.8, 4) is 0 Å². The quantitative estimate of drug-likeness (QED) is 0.489. The van der Waals surface area contributed by atoms with E-state index >= 15 is 0 Å². The molecule has 5 N–H and O–H groups in total. The van der Waals surface area contributed by atoms with Crippen LogP contribution in [0.5, 0.6) is 0 Å². The van der Waals surface area contributed by atoms with E-state index in [9.17, 15) is 9.90 Å².